The van der Waals surface area contributed by atoms with Gasteiger partial charge in [-0.1, -0.05) is 12.1 Å². The lowest BCUT2D eigenvalue weighted by Gasteiger charge is -2.30. The molecular weight excluding hydrogens is 289 g/mol. The number of likely N-dealkylation sites (N-methyl/N-ethyl adjacent to an activating group) is 1. The zero-order valence-corrected chi connectivity index (χ0v) is 10.6. The molecule has 0 saturated heterocycles. The number of carbonyl (C=O) groups excluding carboxylic acids is 1. The van der Waals surface area contributed by atoms with E-state index in [1.807, 2.05) is 0 Å². The second-order valence-corrected chi connectivity index (χ2v) is 4.58. The fraction of sp³-hybridized carbons (Fsp3) is 0.0909. The van der Waals surface area contributed by atoms with Crippen LogP contribution < -0.4 is 10.2 Å². The van der Waals surface area contributed by atoms with Crippen LogP contribution in [0.25, 0.3) is 0 Å². The van der Waals surface area contributed by atoms with Crippen molar-refractivity contribution in [2.75, 3.05) is 7.05 Å². The van der Waals surface area contributed by atoms with E-state index in [2.05, 4.69) is 20.9 Å². The number of carbonyl (C=O) groups is 1. The van der Waals surface area contributed by atoms with E-state index in [1.54, 1.807) is 12.1 Å². The SMILES string of the molecule is C[N+]1(c2ccccc2F)C(=O)C(Br)=CN=C1N. The van der Waals surface area contributed by atoms with Gasteiger partial charge in [0.05, 0.1) is 13.2 Å². The summed E-state index contributed by atoms with van der Waals surface area (Å²) in [6, 6.07) is 6.00. The predicted octanol–water partition coefficient (Wildman–Crippen LogP) is 1.85. The first-order chi connectivity index (χ1) is 7.98. The first-order valence-electron chi connectivity index (χ1n) is 4.84. The number of amides is 1. The molecule has 1 aromatic carbocycles. The number of nitrogens with zero attached hydrogens (tertiary/aromatic N) is 2. The Hall–Kier alpha value is -1.53. The van der Waals surface area contributed by atoms with Crippen LogP contribution in [0.2, 0.25) is 0 Å². The summed E-state index contributed by atoms with van der Waals surface area (Å²) in [5.41, 5.74) is 5.91. The number of hydrogen-bond acceptors (Lipinski definition) is 3. The van der Waals surface area contributed by atoms with Crippen LogP contribution in [-0.4, -0.2) is 18.9 Å². The van der Waals surface area contributed by atoms with Crippen LogP contribution in [0.4, 0.5) is 10.1 Å². The van der Waals surface area contributed by atoms with E-state index in [0.29, 0.717) is 0 Å². The molecule has 6 heteroatoms. The van der Waals surface area contributed by atoms with E-state index in [0.717, 1.165) is 0 Å². The fourth-order valence-electron chi connectivity index (χ4n) is 1.66. The number of rotatable bonds is 1. The molecule has 4 nitrogen and oxygen atoms in total. The second-order valence-electron chi connectivity index (χ2n) is 3.73. The summed E-state index contributed by atoms with van der Waals surface area (Å²) >= 11 is 3.09. The third kappa shape index (κ3) is 1.69. The van der Waals surface area contributed by atoms with Crippen LogP contribution in [0.1, 0.15) is 0 Å². The number of hydrogen-bond donors (Lipinski definition) is 1. The van der Waals surface area contributed by atoms with Gasteiger partial charge in [-0.25, -0.2) is 9.18 Å². The minimum atomic E-state index is -0.497. The summed E-state index contributed by atoms with van der Waals surface area (Å²) in [6.07, 6.45) is 1.32. The van der Waals surface area contributed by atoms with Gasteiger partial charge in [0.1, 0.15) is 4.48 Å². The first kappa shape index (κ1) is 11.9. The predicted molar refractivity (Wildman–Crippen MR) is 67.8 cm³/mol. The van der Waals surface area contributed by atoms with Crippen molar-refractivity contribution >= 4 is 33.5 Å². The van der Waals surface area contributed by atoms with Crippen molar-refractivity contribution < 1.29 is 9.18 Å². The Morgan fingerprint density at radius 2 is 2.06 bits per heavy atom. The molecule has 1 unspecified atom stereocenters. The number of quaternary nitrogens is 1. The van der Waals surface area contributed by atoms with Crippen molar-refractivity contribution in [1.82, 2.24) is 4.48 Å². The first-order valence-corrected chi connectivity index (χ1v) is 5.63. The smallest absolute Gasteiger partial charge is 0.337 e. The van der Waals surface area contributed by atoms with Gasteiger partial charge in [-0.05, 0) is 22.0 Å². The van der Waals surface area contributed by atoms with Crippen molar-refractivity contribution in [3.05, 3.63) is 40.8 Å². The average molecular weight is 299 g/mol. The molecule has 88 valence electrons. The molecule has 0 radical (unpaired) electrons. The van der Waals surface area contributed by atoms with Crippen molar-refractivity contribution in [2.24, 2.45) is 10.7 Å². The number of nitrogens with two attached hydrogens (primary N) is 1. The van der Waals surface area contributed by atoms with Gasteiger partial charge in [-0.2, -0.15) is 9.48 Å². The molecule has 1 aromatic rings. The van der Waals surface area contributed by atoms with E-state index in [9.17, 15) is 9.18 Å². The standard InChI is InChI=1S/C11H9BrFN3O/c1-16(9-5-3-2-4-8(9)13)10(17)7(12)6-15-11(16)14/h2-6H,1H3,(H-,14,15,17)/p+1. The minimum Gasteiger partial charge on any atom is -0.337 e. The molecule has 0 bridgehead atoms. The van der Waals surface area contributed by atoms with E-state index in [4.69, 9.17) is 5.73 Å². The summed E-state index contributed by atoms with van der Waals surface area (Å²) in [5.74, 6) is -0.824. The number of halogens is 2. The van der Waals surface area contributed by atoms with E-state index in [-0.39, 0.29) is 22.0 Å². The van der Waals surface area contributed by atoms with Gasteiger partial charge >= 0.3 is 11.9 Å². The zero-order valence-electron chi connectivity index (χ0n) is 9.02. The largest absolute Gasteiger partial charge is 0.366 e. The molecule has 1 amide bonds. The highest BCUT2D eigenvalue weighted by molar-refractivity contribution is 9.12. The number of benzene rings is 1. The maximum atomic E-state index is 13.8. The maximum Gasteiger partial charge on any atom is 0.366 e. The molecule has 17 heavy (non-hydrogen) atoms. The highest BCUT2D eigenvalue weighted by Gasteiger charge is 2.44. The van der Waals surface area contributed by atoms with Gasteiger partial charge in [-0.15, -0.1) is 0 Å². The monoisotopic (exact) mass is 298 g/mol. The Bertz CT molecular complexity index is 551. The van der Waals surface area contributed by atoms with Crippen LogP contribution in [0.15, 0.2) is 39.9 Å². The molecule has 0 spiro atoms. The van der Waals surface area contributed by atoms with Gasteiger partial charge in [-0.3, -0.25) is 0 Å². The van der Waals surface area contributed by atoms with Gasteiger partial charge in [0.2, 0.25) is 0 Å². The number of para-hydroxylation sites is 1. The van der Waals surface area contributed by atoms with Gasteiger partial charge in [0, 0.05) is 6.07 Å². The van der Waals surface area contributed by atoms with Crippen LogP contribution in [-0.2, 0) is 4.79 Å². The quantitative estimate of drug-likeness (QED) is 0.805. The van der Waals surface area contributed by atoms with Gasteiger partial charge < -0.3 is 5.73 Å². The molecule has 0 aliphatic carbocycles. The minimum absolute atomic E-state index is 0.0308. The second kappa shape index (κ2) is 4.05. The number of guanidine groups is 1. The van der Waals surface area contributed by atoms with Crippen molar-refractivity contribution in [3.8, 4) is 0 Å². The highest BCUT2D eigenvalue weighted by Crippen LogP contribution is 2.30. The van der Waals surface area contributed by atoms with Crippen LogP contribution in [0.3, 0.4) is 0 Å². The Morgan fingerprint density at radius 1 is 1.41 bits per heavy atom. The van der Waals surface area contributed by atoms with Crippen LogP contribution in [0.5, 0.6) is 0 Å². The summed E-state index contributed by atoms with van der Waals surface area (Å²) in [7, 11) is 1.51. The molecule has 0 fully saturated rings. The Balaban J connectivity index is 2.65. The molecule has 2 rings (SSSR count). The highest BCUT2D eigenvalue weighted by atomic mass is 79.9. The molecule has 2 N–H and O–H groups in total. The lowest BCUT2D eigenvalue weighted by atomic mass is 10.2. The molecular formula is C11H10BrFN3O+. The lowest BCUT2D eigenvalue weighted by Crippen LogP contribution is -2.60. The van der Waals surface area contributed by atoms with E-state index >= 15 is 0 Å². The summed E-state index contributed by atoms with van der Waals surface area (Å²) in [4.78, 5) is 16.0. The summed E-state index contributed by atoms with van der Waals surface area (Å²) in [5, 5.41) is 0. The molecule has 0 aromatic heterocycles. The molecule has 1 heterocycles. The Morgan fingerprint density at radius 3 is 2.71 bits per heavy atom. The van der Waals surface area contributed by atoms with Gasteiger partial charge in [0.25, 0.3) is 0 Å². The van der Waals surface area contributed by atoms with Crippen LogP contribution >= 0.6 is 15.9 Å². The molecule has 0 saturated carbocycles. The lowest BCUT2D eigenvalue weighted by molar-refractivity contribution is -0.121. The fourth-order valence-corrected chi connectivity index (χ4v) is 2.12. The maximum absolute atomic E-state index is 13.8. The third-order valence-electron chi connectivity index (χ3n) is 2.71. The average Bonchev–Trinajstić information content (AvgIpc) is 2.32. The van der Waals surface area contributed by atoms with Crippen molar-refractivity contribution in [2.45, 2.75) is 0 Å². The summed E-state index contributed by atoms with van der Waals surface area (Å²) < 4.78 is 13.5. The van der Waals surface area contributed by atoms with Crippen LogP contribution in [0, 0.1) is 5.82 Å². The van der Waals surface area contributed by atoms with Crippen molar-refractivity contribution in [3.63, 3.8) is 0 Å². The molecule has 1 aliphatic rings. The molecule has 1 atom stereocenters. The van der Waals surface area contributed by atoms with Crippen molar-refractivity contribution in [1.29, 1.82) is 0 Å². The Labute approximate surface area is 106 Å². The summed E-state index contributed by atoms with van der Waals surface area (Å²) in [6.45, 7) is 0. The third-order valence-corrected chi connectivity index (χ3v) is 3.26. The van der Waals surface area contributed by atoms with E-state index < -0.39 is 10.3 Å². The Kier molecular flexibility index (Phi) is 2.84. The molecule has 1 aliphatic heterocycles. The van der Waals surface area contributed by atoms with Gasteiger partial charge in [0.15, 0.2) is 11.5 Å². The topological polar surface area (TPSA) is 55.5 Å². The van der Waals surface area contributed by atoms with E-state index in [1.165, 1.54) is 25.4 Å². The number of aliphatic imine (C=N–C) groups is 1. The zero-order chi connectivity index (χ0) is 12.6. The normalized spacial score (nSPS) is 24.3.